The van der Waals surface area contributed by atoms with Crippen LogP contribution in [0.5, 0.6) is 0 Å². The van der Waals surface area contributed by atoms with Crippen LogP contribution in [0.4, 0.5) is 0 Å². The molecule has 0 saturated heterocycles. The third-order valence-electron chi connectivity index (χ3n) is 2.30. The van der Waals surface area contributed by atoms with Crippen LogP contribution in [0.15, 0.2) is 0 Å². The average Bonchev–Trinajstić information content (AvgIpc) is 2.10. The topological polar surface area (TPSA) is 0 Å². The van der Waals surface area contributed by atoms with E-state index in [0.717, 1.165) is 0 Å². The second-order valence-corrected chi connectivity index (χ2v) is 3.61. The van der Waals surface area contributed by atoms with E-state index < -0.39 is 0 Å². The zero-order valence-electron chi connectivity index (χ0n) is 8.94. The highest BCUT2D eigenvalue weighted by Gasteiger charge is 1.90. The summed E-state index contributed by atoms with van der Waals surface area (Å²) in [5.41, 5.74) is 0. The molecule has 0 bridgehead atoms. The van der Waals surface area contributed by atoms with E-state index in [1.54, 1.807) is 0 Å². The van der Waals surface area contributed by atoms with Gasteiger partial charge in [-0.3, -0.25) is 0 Å². The van der Waals surface area contributed by atoms with Crippen molar-refractivity contribution in [1.82, 2.24) is 0 Å². The number of unbranched alkanes of at least 4 members (excludes halogenated alkanes) is 6. The molecule has 0 aromatic rings. The lowest BCUT2D eigenvalue weighted by Crippen LogP contribution is -1.86. The summed E-state index contributed by atoms with van der Waals surface area (Å²) in [6.07, 6.45) is 12.6. The molecule has 12 heavy (non-hydrogen) atoms. The Balaban J connectivity index is 2.73. The quantitative estimate of drug-likeness (QED) is 0.354. The molecule has 0 N–H and O–H groups in total. The predicted molar refractivity (Wildman–Crippen MR) is 59.0 cm³/mol. The van der Waals surface area contributed by atoms with E-state index in [-0.39, 0.29) is 0 Å². The first-order valence-electron chi connectivity index (χ1n) is 5.73. The Morgan fingerprint density at radius 2 is 1.33 bits per heavy atom. The van der Waals surface area contributed by atoms with E-state index in [4.69, 9.17) is 0 Å². The molecule has 0 saturated carbocycles. The van der Waals surface area contributed by atoms with E-state index in [9.17, 15) is 0 Å². The largest absolute Gasteiger partial charge is 0.109 e. The summed E-state index contributed by atoms with van der Waals surface area (Å²) < 4.78 is 0. The maximum absolute atomic E-state index is 2.39. The molecule has 0 heterocycles. The molecular formula is C11H24B. The Kier molecular flexibility index (Phi) is 11.1. The average molecular weight is 167 g/mol. The van der Waals surface area contributed by atoms with Gasteiger partial charge in [0.05, 0.1) is 0 Å². The zero-order valence-corrected chi connectivity index (χ0v) is 8.94. The highest BCUT2D eigenvalue weighted by Crippen LogP contribution is 2.08. The first-order valence-corrected chi connectivity index (χ1v) is 5.73. The van der Waals surface area contributed by atoms with Gasteiger partial charge < -0.3 is 0 Å². The Morgan fingerprint density at radius 1 is 0.750 bits per heavy atom. The molecule has 0 atom stereocenters. The summed E-state index contributed by atoms with van der Waals surface area (Å²) in [5.74, 6) is 0. The van der Waals surface area contributed by atoms with Crippen LogP contribution in [0.1, 0.15) is 58.8 Å². The molecular weight excluding hydrogens is 143 g/mol. The van der Waals surface area contributed by atoms with Crippen molar-refractivity contribution in [1.29, 1.82) is 0 Å². The van der Waals surface area contributed by atoms with Crippen LogP contribution in [0, 0.1) is 0 Å². The Hall–Kier alpha value is 0.0649. The van der Waals surface area contributed by atoms with Crippen LogP contribution in [-0.4, -0.2) is 7.28 Å². The summed E-state index contributed by atoms with van der Waals surface area (Å²) in [4.78, 5) is 0. The minimum atomic E-state index is 1.25. The SMILES string of the molecule is CC[B]CCCCCCCCC. The lowest BCUT2D eigenvalue weighted by atomic mass is 9.70. The highest BCUT2D eigenvalue weighted by atomic mass is 13.9. The molecule has 0 aliphatic heterocycles. The fourth-order valence-electron chi connectivity index (χ4n) is 1.45. The van der Waals surface area contributed by atoms with Gasteiger partial charge >= 0.3 is 0 Å². The molecule has 0 aromatic heterocycles. The Bertz CT molecular complexity index is 61.4. The normalized spacial score (nSPS) is 10.2. The van der Waals surface area contributed by atoms with Gasteiger partial charge in [-0.1, -0.05) is 71.4 Å². The monoisotopic (exact) mass is 167 g/mol. The predicted octanol–water partition coefficient (Wildman–Crippen LogP) is 4.30. The van der Waals surface area contributed by atoms with E-state index in [1.165, 1.54) is 57.6 Å². The van der Waals surface area contributed by atoms with E-state index in [2.05, 4.69) is 21.1 Å². The molecule has 0 aliphatic rings. The summed E-state index contributed by atoms with van der Waals surface area (Å²) >= 11 is 0. The highest BCUT2D eigenvalue weighted by molar-refractivity contribution is 6.35. The standard InChI is InChI=1S/C11H24B/c1-3-5-6-7-8-9-10-11-12-4-2/h3-11H2,1-2H3. The number of rotatable bonds is 9. The van der Waals surface area contributed by atoms with Crippen molar-refractivity contribution in [2.75, 3.05) is 0 Å². The molecule has 0 aromatic carbocycles. The van der Waals surface area contributed by atoms with Crippen molar-refractivity contribution in [3.8, 4) is 0 Å². The van der Waals surface area contributed by atoms with Gasteiger partial charge in [0.25, 0.3) is 0 Å². The van der Waals surface area contributed by atoms with E-state index in [0.29, 0.717) is 0 Å². The van der Waals surface area contributed by atoms with Gasteiger partial charge in [0.2, 0.25) is 0 Å². The van der Waals surface area contributed by atoms with Crippen molar-refractivity contribution < 1.29 is 0 Å². The van der Waals surface area contributed by atoms with Gasteiger partial charge in [-0.15, -0.1) is 0 Å². The zero-order chi connectivity index (χ0) is 9.07. The minimum Gasteiger partial charge on any atom is -0.0831 e. The first-order chi connectivity index (χ1) is 5.91. The summed E-state index contributed by atoms with van der Waals surface area (Å²) in [6, 6.07) is 0. The van der Waals surface area contributed by atoms with Crippen molar-refractivity contribution in [3.05, 3.63) is 0 Å². The summed E-state index contributed by atoms with van der Waals surface area (Å²) in [6.45, 7) is 4.50. The molecule has 1 heteroatoms. The lowest BCUT2D eigenvalue weighted by molar-refractivity contribution is 0.601. The maximum atomic E-state index is 2.39. The van der Waals surface area contributed by atoms with Crippen molar-refractivity contribution in [2.45, 2.75) is 71.4 Å². The summed E-state index contributed by atoms with van der Waals surface area (Å²) in [7, 11) is 2.39. The van der Waals surface area contributed by atoms with Crippen molar-refractivity contribution >= 4 is 7.28 Å². The van der Waals surface area contributed by atoms with Crippen LogP contribution in [-0.2, 0) is 0 Å². The fraction of sp³-hybridized carbons (Fsp3) is 1.00. The lowest BCUT2D eigenvalue weighted by Gasteiger charge is -1.99. The van der Waals surface area contributed by atoms with Crippen LogP contribution in [0.25, 0.3) is 0 Å². The van der Waals surface area contributed by atoms with Gasteiger partial charge in [0.1, 0.15) is 7.28 Å². The fourth-order valence-corrected chi connectivity index (χ4v) is 1.45. The maximum Gasteiger partial charge on any atom is 0.109 e. The van der Waals surface area contributed by atoms with Crippen LogP contribution >= 0.6 is 0 Å². The molecule has 0 unspecified atom stereocenters. The molecule has 0 amide bonds. The van der Waals surface area contributed by atoms with E-state index >= 15 is 0 Å². The van der Waals surface area contributed by atoms with Gasteiger partial charge in [-0.05, 0) is 0 Å². The molecule has 0 fully saturated rings. The third-order valence-corrected chi connectivity index (χ3v) is 2.30. The third kappa shape index (κ3) is 10.1. The van der Waals surface area contributed by atoms with Gasteiger partial charge in [-0.25, -0.2) is 0 Å². The molecule has 71 valence electrons. The molecule has 0 rings (SSSR count). The minimum absolute atomic E-state index is 1.25. The van der Waals surface area contributed by atoms with Crippen LogP contribution in [0.3, 0.4) is 0 Å². The smallest absolute Gasteiger partial charge is 0.0831 e. The molecule has 1 radical (unpaired) electrons. The van der Waals surface area contributed by atoms with Gasteiger partial charge in [0.15, 0.2) is 0 Å². The van der Waals surface area contributed by atoms with E-state index in [1.807, 2.05) is 0 Å². The van der Waals surface area contributed by atoms with Gasteiger partial charge in [0, 0.05) is 0 Å². The summed E-state index contributed by atoms with van der Waals surface area (Å²) in [5, 5.41) is 0. The Labute approximate surface area is 79.4 Å². The Morgan fingerprint density at radius 3 is 1.92 bits per heavy atom. The second-order valence-electron chi connectivity index (χ2n) is 3.61. The molecule has 0 nitrogen and oxygen atoms in total. The number of hydrogen-bond acceptors (Lipinski definition) is 0. The second kappa shape index (κ2) is 11.1. The first kappa shape index (κ1) is 12.1. The van der Waals surface area contributed by atoms with Crippen molar-refractivity contribution in [2.24, 2.45) is 0 Å². The number of hydrogen-bond donors (Lipinski definition) is 0. The molecule has 0 aliphatic carbocycles. The van der Waals surface area contributed by atoms with Crippen molar-refractivity contribution in [3.63, 3.8) is 0 Å². The molecule has 0 spiro atoms. The van der Waals surface area contributed by atoms with Crippen LogP contribution in [0.2, 0.25) is 12.6 Å². The van der Waals surface area contributed by atoms with Crippen LogP contribution < -0.4 is 0 Å². The van der Waals surface area contributed by atoms with Gasteiger partial charge in [-0.2, -0.15) is 0 Å².